The third-order valence-electron chi connectivity index (χ3n) is 0.984. The van der Waals surface area contributed by atoms with Crippen LogP contribution in [-0.2, 0) is 9.53 Å². The largest absolute Gasteiger partial charge is 0.377 e. The molecule has 0 aliphatic heterocycles. The fourth-order valence-corrected chi connectivity index (χ4v) is 0.666. The third-order valence-corrected chi connectivity index (χ3v) is 1.16. The van der Waals surface area contributed by atoms with Crippen LogP contribution >= 0.6 is 11.6 Å². The predicted octanol–water partition coefficient (Wildman–Crippen LogP) is 1.73. The van der Waals surface area contributed by atoms with E-state index in [9.17, 15) is 4.79 Å². The molecule has 0 heterocycles. The number of hydrogen-bond donors (Lipinski definition) is 0. The number of rotatable bonds is 5. The molecule has 0 amide bonds. The van der Waals surface area contributed by atoms with E-state index in [0.717, 1.165) is 0 Å². The van der Waals surface area contributed by atoms with Gasteiger partial charge < -0.3 is 4.74 Å². The molecule has 0 fully saturated rings. The van der Waals surface area contributed by atoms with Crippen LogP contribution in [0.5, 0.6) is 0 Å². The average molecular weight is 163 g/mol. The van der Waals surface area contributed by atoms with Crippen molar-refractivity contribution < 1.29 is 9.53 Å². The van der Waals surface area contributed by atoms with Crippen LogP contribution in [0, 0.1) is 0 Å². The van der Waals surface area contributed by atoms with Gasteiger partial charge in [-0.05, 0) is 6.42 Å². The Morgan fingerprint density at radius 3 is 2.90 bits per heavy atom. The highest BCUT2D eigenvalue weighted by molar-refractivity contribution is 6.25. The maximum absolute atomic E-state index is 10.7. The second-order valence-electron chi connectivity index (χ2n) is 1.87. The lowest BCUT2D eigenvalue weighted by atomic mass is 10.2. The van der Waals surface area contributed by atoms with Gasteiger partial charge in [-0.15, -0.1) is 0 Å². The number of carbonyl (C=O) groups is 1. The van der Waals surface area contributed by atoms with Gasteiger partial charge in [-0.1, -0.05) is 17.7 Å². The molecular formula is C7H11ClO2. The Balaban J connectivity index is 3.21. The molecule has 0 N–H and O–H groups in total. The first-order chi connectivity index (χ1) is 4.81. The maximum Gasteiger partial charge on any atom is 0.158 e. The molecule has 0 spiro atoms. The van der Waals surface area contributed by atoms with E-state index in [2.05, 4.69) is 4.74 Å². The smallest absolute Gasteiger partial charge is 0.158 e. The molecule has 0 aliphatic carbocycles. The summed E-state index contributed by atoms with van der Waals surface area (Å²) in [4.78, 5) is 10.7. The summed E-state index contributed by atoms with van der Waals surface area (Å²) in [5.74, 6) is 0.109. The minimum atomic E-state index is 0.109. The third kappa shape index (κ3) is 5.79. The van der Waals surface area contributed by atoms with Crippen molar-refractivity contribution in [3.8, 4) is 0 Å². The molecule has 0 radical (unpaired) electrons. The van der Waals surface area contributed by atoms with Crippen molar-refractivity contribution in [3.05, 3.63) is 11.6 Å². The van der Waals surface area contributed by atoms with Crippen molar-refractivity contribution >= 4 is 17.4 Å². The fourth-order valence-electron chi connectivity index (χ4n) is 0.540. The van der Waals surface area contributed by atoms with E-state index in [0.29, 0.717) is 12.8 Å². The summed E-state index contributed by atoms with van der Waals surface area (Å²) in [6.45, 7) is 0.204. The molecular weight excluding hydrogens is 152 g/mol. The zero-order valence-corrected chi connectivity index (χ0v) is 6.73. The Bertz CT molecular complexity index is 121. The highest BCUT2D eigenvalue weighted by atomic mass is 35.5. The van der Waals surface area contributed by atoms with Gasteiger partial charge in [0.1, 0.15) is 6.61 Å². The number of halogens is 1. The molecule has 0 unspecified atom stereocenters. The van der Waals surface area contributed by atoms with Gasteiger partial charge >= 0.3 is 0 Å². The zero-order valence-electron chi connectivity index (χ0n) is 5.97. The normalized spacial score (nSPS) is 10.6. The Morgan fingerprint density at radius 1 is 1.70 bits per heavy atom. The monoisotopic (exact) mass is 162 g/mol. The predicted molar refractivity (Wildman–Crippen MR) is 41.1 cm³/mol. The van der Waals surface area contributed by atoms with Crippen LogP contribution < -0.4 is 0 Å². The number of Topliss-reactive ketones (excluding diaryl/α,β-unsaturated/α-hetero) is 1. The molecule has 0 aromatic rings. The second-order valence-corrected chi connectivity index (χ2v) is 2.12. The Kier molecular flexibility index (Phi) is 6.55. The lowest BCUT2D eigenvalue weighted by Crippen LogP contribution is -2.04. The lowest BCUT2D eigenvalue weighted by molar-refractivity contribution is -0.122. The summed E-state index contributed by atoms with van der Waals surface area (Å²) in [5.41, 5.74) is 1.42. The summed E-state index contributed by atoms with van der Waals surface area (Å²) in [6.07, 6.45) is 2.96. The minimum Gasteiger partial charge on any atom is -0.377 e. The number of ketones is 1. The van der Waals surface area contributed by atoms with Crippen LogP contribution in [0.2, 0.25) is 0 Å². The van der Waals surface area contributed by atoms with Gasteiger partial charge in [0, 0.05) is 19.1 Å². The van der Waals surface area contributed by atoms with Crippen molar-refractivity contribution in [2.75, 3.05) is 13.7 Å². The Labute approximate surface area is 65.8 Å². The highest BCUT2D eigenvalue weighted by Gasteiger charge is 1.96. The molecule has 58 valence electrons. The Morgan fingerprint density at radius 2 is 2.40 bits per heavy atom. The summed E-state index contributed by atoms with van der Waals surface area (Å²) in [7, 11) is 1.51. The molecule has 0 aromatic heterocycles. The molecule has 0 bridgehead atoms. The zero-order chi connectivity index (χ0) is 7.82. The van der Waals surface area contributed by atoms with Gasteiger partial charge in [0.15, 0.2) is 5.78 Å². The van der Waals surface area contributed by atoms with Gasteiger partial charge in [-0.2, -0.15) is 0 Å². The van der Waals surface area contributed by atoms with Gasteiger partial charge in [0.25, 0.3) is 0 Å². The first kappa shape index (κ1) is 9.66. The van der Waals surface area contributed by atoms with Gasteiger partial charge in [0.05, 0.1) is 0 Å². The van der Waals surface area contributed by atoms with Gasteiger partial charge in [0.2, 0.25) is 0 Å². The maximum atomic E-state index is 10.7. The van der Waals surface area contributed by atoms with Crippen molar-refractivity contribution in [1.82, 2.24) is 0 Å². The summed E-state index contributed by atoms with van der Waals surface area (Å²) >= 11 is 5.24. The number of allylic oxidation sites excluding steroid dienone is 1. The van der Waals surface area contributed by atoms with Crippen LogP contribution in [0.25, 0.3) is 0 Å². The lowest BCUT2D eigenvalue weighted by Gasteiger charge is -1.94. The van der Waals surface area contributed by atoms with Crippen LogP contribution in [0.4, 0.5) is 0 Å². The standard InChI is InChI=1S/C7H11ClO2/c1-10-6-7(9)4-2-3-5-8/h3,5H,2,4,6H2,1H3/b5-3+. The molecule has 0 aliphatic rings. The van der Waals surface area contributed by atoms with E-state index in [1.165, 1.54) is 12.6 Å². The van der Waals surface area contributed by atoms with Crippen LogP contribution in [0.15, 0.2) is 11.6 Å². The van der Waals surface area contributed by atoms with Crippen molar-refractivity contribution in [2.45, 2.75) is 12.8 Å². The summed E-state index contributed by atoms with van der Waals surface area (Å²) in [6, 6.07) is 0. The molecule has 0 aromatic carbocycles. The average Bonchev–Trinajstić information content (AvgIpc) is 1.89. The minimum absolute atomic E-state index is 0.109. The topological polar surface area (TPSA) is 26.3 Å². The first-order valence-electron chi connectivity index (χ1n) is 3.07. The number of carbonyl (C=O) groups excluding carboxylic acids is 1. The van der Waals surface area contributed by atoms with Gasteiger partial charge in [-0.3, -0.25) is 4.79 Å². The molecule has 0 atom stereocenters. The molecule has 3 heteroatoms. The van der Waals surface area contributed by atoms with E-state index in [4.69, 9.17) is 11.6 Å². The number of hydrogen-bond acceptors (Lipinski definition) is 2. The van der Waals surface area contributed by atoms with E-state index in [1.54, 1.807) is 6.08 Å². The Hall–Kier alpha value is -0.340. The molecule has 0 rings (SSSR count). The quantitative estimate of drug-likeness (QED) is 0.616. The molecule has 0 saturated carbocycles. The van der Waals surface area contributed by atoms with E-state index in [-0.39, 0.29) is 12.4 Å². The van der Waals surface area contributed by atoms with Crippen molar-refractivity contribution in [2.24, 2.45) is 0 Å². The molecule has 0 saturated heterocycles. The van der Waals surface area contributed by atoms with Crippen LogP contribution in [0.1, 0.15) is 12.8 Å². The van der Waals surface area contributed by atoms with Gasteiger partial charge in [-0.25, -0.2) is 0 Å². The first-order valence-corrected chi connectivity index (χ1v) is 3.50. The van der Waals surface area contributed by atoms with E-state index >= 15 is 0 Å². The number of methoxy groups -OCH3 is 1. The fraction of sp³-hybridized carbons (Fsp3) is 0.571. The highest BCUT2D eigenvalue weighted by Crippen LogP contribution is 1.93. The SMILES string of the molecule is COCC(=O)CC/C=C/Cl. The number of ether oxygens (including phenoxy) is 1. The molecule has 2 nitrogen and oxygen atoms in total. The van der Waals surface area contributed by atoms with E-state index < -0.39 is 0 Å². The molecule has 10 heavy (non-hydrogen) atoms. The van der Waals surface area contributed by atoms with Crippen LogP contribution in [0.3, 0.4) is 0 Å². The second kappa shape index (κ2) is 6.78. The van der Waals surface area contributed by atoms with Crippen LogP contribution in [-0.4, -0.2) is 19.5 Å². The summed E-state index contributed by atoms with van der Waals surface area (Å²) in [5, 5.41) is 0. The van der Waals surface area contributed by atoms with E-state index in [1.807, 2.05) is 0 Å². The van der Waals surface area contributed by atoms with Crippen molar-refractivity contribution in [3.63, 3.8) is 0 Å². The van der Waals surface area contributed by atoms with Crippen molar-refractivity contribution in [1.29, 1.82) is 0 Å². The summed E-state index contributed by atoms with van der Waals surface area (Å²) < 4.78 is 4.63.